The summed E-state index contributed by atoms with van der Waals surface area (Å²) in [6.45, 7) is 3.24. The molecule has 0 aliphatic carbocycles. The van der Waals surface area contributed by atoms with Gasteiger partial charge in [-0.3, -0.25) is 4.79 Å². The van der Waals surface area contributed by atoms with Gasteiger partial charge in [0.2, 0.25) is 5.91 Å². The van der Waals surface area contributed by atoms with Crippen LogP contribution in [-0.2, 0) is 4.79 Å². The monoisotopic (exact) mass is 310 g/mol. The highest BCUT2D eigenvalue weighted by atomic mass is 16.3. The summed E-state index contributed by atoms with van der Waals surface area (Å²) in [4.78, 5) is 14.6. The van der Waals surface area contributed by atoms with E-state index < -0.39 is 0 Å². The van der Waals surface area contributed by atoms with Crippen LogP contribution in [-0.4, -0.2) is 42.1 Å². The Balaban J connectivity index is 1.85. The molecule has 1 fully saturated rings. The third kappa shape index (κ3) is 3.90. The normalized spacial score (nSPS) is 16.1. The molecule has 0 saturated carbocycles. The third-order valence-electron chi connectivity index (χ3n) is 4.32. The summed E-state index contributed by atoms with van der Waals surface area (Å²) < 4.78 is 0. The van der Waals surface area contributed by atoms with Crippen LogP contribution < -0.4 is 5.32 Å². The molecule has 2 aromatic carbocycles. The van der Waals surface area contributed by atoms with Crippen molar-refractivity contribution >= 4 is 5.91 Å². The van der Waals surface area contributed by atoms with Gasteiger partial charge in [0.1, 0.15) is 5.75 Å². The number of piperazine rings is 1. The van der Waals surface area contributed by atoms with E-state index in [1.165, 1.54) is 0 Å². The molecule has 1 aliphatic heterocycles. The van der Waals surface area contributed by atoms with Crippen molar-refractivity contribution in [2.24, 2.45) is 0 Å². The Bertz CT molecular complexity index is 651. The molecule has 120 valence electrons. The molecule has 1 amide bonds. The maximum atomic E-state index is 12.7. The van der Waals surface area contributed by atoms with Gasteiger partial charge >= 0.3 is 0 Å². The SMILES string of the molecule is O=C(C[C@@H](c1ccccc1)c1cccc(O)c1)N1CCNCC1. The van der Waals surface area contributed by atoms with Crippen LogP contribution in [0.15, 0.2) is 54.6 Å². The van der Waals surface area contributed by atoms with Crippen LogP contribution in [0.25, 0.3) is 0 Å². The van der Waals surface area contributed by atoms with Crippen LogP contribution in [0.2, 0.25) is 0 Å². The van der Waals surface area contributed by atoms with E-state index in [2.05, 4.69) is 5.32 Å². The summed E-state index contributed by atoms with van der Waals surface area (Å²) in [5.41, 5.74) is 2.07. The number of nitrogens with one attached hydrogen (secondary N) is 1. The number of rotatable bonds is 4. The number of hydrogen-bond acceptors (Lipinski definition) is 3. The third-order valence-corrected chi connectivity index (χ3v) is 4.32. The van der Waals surface area contributed by atoms with Gasteiger partial charge in [-0.15, -0.1) is 0 Å². The first-order chi connectivity index (χ1) is 11.2. The molecule has 3 rings (SSSR count). The van der Waals surface area contributed by atoms with Crippen LogP contribution in [0.1, 0.15) is 23.5 Å². The van der Waals surface area contributed by atoms with Crippen molar-refractivity contribution in [1.29, 1.82) is 0 Å². The molecule has 23 heavy (non-hydrogen) atoms. The molecular formula is C19H22N2O2. The lowest BCUT2D eigenvalue weighted by Crippen LogP contribution is -2.46. The van der Waals surface area contributed by atoms with Crippen LogP contribution >= 0.6 is 0 Å². The lowest BCUT2D eigenvalue weighted by atomic mass is 9.88. The number of carbonyl (C=O) groups excluding carboxylic acids is 1. The van der Waals surface area contributed by atoms with Crippen LogP contribution in [0.3, 0.4) is 0 Å². The van der Waals surface area contributed by atoms with E-state index in [4.69, 9.17) is 0 Å². The lowest BCUT2D eigenvalue weighted by molar-refractivity contribution is -0.132. The van der Waals surface area contributed by atoms with E-state index in [0.29, 0.717) is 6.42 Å². The Morgan fingerprint density at radius 1 is 1.04 bits per heavy atom. The van der Waals surface area contributed by atoms with E-state index in [0.717, 1.165) is 37.3 Å². The molecule has 4 nitrogen and oxygen atoms in total. The van der Waals surface area contributed by atoms with Crippen LogP contribution in [0.4, 0.5) is 0 Å². The maximum Gasteiger partial charge on any atom is 0.223 e. The zero-order valence-corrected chi connectivity index (χ0v) is 13.1. The highest BCUT2D eigenvalue weighted by Crippen LogP contribution is 2.30. The average Bonchev–Trinajstić information content (AvgIpc) is 2.61. The van der Waals surface area contributed by atoms with E-state index in [1.807, 2.05) is 47.4 Å². The second-order valence-electron chi connectivity index (χ2n) is 5.89. The molecule has 2 N–H and O–H groups in total. The lowest BCUT2D eigenvalue weighted by Gasteiger charge is -2.29. The number of nitrogens with zero attached hydrogens (tertiary/aromatic N) is 1. The first-order valence-electron chi connectivity index (χ1n) is 8.06. The fraction of sp³-hybridized carbons (Fsp3) is 0.316. The summed E-state index contributed by atoms with van der Waals surface area (Å²) in [7, 11) is 0. The zero-order chi connectivity index (χ0) is 16.1. The topological polar surface area (TPSA) is 52.6 Å². The highest BCUT2D eigenvalue weighted by Gasteiger charge is 2.23. The van der Waals surface area contributed by atoms with Crippen LogP contribution in [0, 0.1) is 0 Å². The van der Waals surface area contributed by atoms with Crippen molar-refractivity contribution in [2.45, 2.75) is 12.3 Å². The number of benzene rings is 2. The van der Waals surface area contributed by atoms with Gasteiger partial charge in [0.15, 0.2) is 0 Å². The van der Waals surface area contributed by atoms with Gasteiger partial charge in [0, 0.05) is 38.5 Å². The Kier molecular flexibility index (Phi) is 4.93. The highest BCUT2D eigenvalue weighted by molar-refractivity contribution is 5.78. The first-order valence-corrected chi connectivity index (χ1v) is 8.06. The maximum absolute atomic E-state index is 12.7. The van der Waals surface area contributed by atoms with Gasteiger partial charge in [0.05, 0.1) is 0 Å². The quantitative estimate of drug-likeness (QED) is 0.911. The largest absolute Gasteiger partial charge is 0.508 e. The van der Waals surface area contributed by atoms with Crippen molar-refractivity contribution < 1.29 is 9.90 Å². The predicted molar refractivity (Wildman–Crippen MR) is 90.5 cm³/mol. The molecule has 0 aromatic heterocycles. The Hall–Kier alpha value is -2.33. The van der Waals surface area contributed by atoms with Crippen molar-refractivity contribution in [3.05, 3.63) is 65.7 Å². The van der Waals surface area contributed by atoms with E-state index >= 15 is 0 Å². The minimum atomic E-state index is -0.0364. The molecule has 1 heterocycles. The second-order valence-corrected chi connectivity index (χ2v) is 5.89. The number of aromatic hydroxyl groups is 1. The molecule has 0 bridgehead atoms. The molecular weight excluding hydrogens is 288 g/mol. The Morgan fingerprint density at radius 3 is 2.43 bits per heavy atom. The molecule has 0 unspecified atom stereocenters. The molecule has 0 radical (unpaired) electrons. The van der Waals surface area contributed by atoms with Gasteiger partial charge in [-0.25, -0.2) is 0 Å². The van der Waals surface area contributed by atoms with Gasteiger partial charge in [-0.1, -0.05) is 42.5 Å². The average molecular weight is 310 g/mol. The summed E-state index contributed by atoms with van der Waals surface area (Å²) in [5.74, 6) is 0.368. The van der Waals surface area contributed by atoms with E-state index in [1.54, 1.807) is 12.1 Å². The summed E-state index contributed by atoms with van der Waals surface area (Å²) >= 11 is 0. The minimum Gasteiger partial charge on any atom is -0.508 e. The zero-order valence-electron chi connectivity index (χ0n) is 13.1. The Morgan fingerprint density at radius 2 is 1.74 bits per heavy atom. The van der Waals surface area contributed by atoms with Crippen LogP contribution in [0.5, 0.6) is 5.75 Å². The Labute approximate surface area is 136 Å². The summed E-state index contributed by atoms with van der Waals surface area (Å²) in [5, 5.41) is 13.1. The summed E-state index contributed by atoms with van der Waals surface area (Å²) in [6.07, 6.45) is 0.424. The van der Waals surface area contributed by atoms with E-state index in [9.17, 15) is 9.90 Å². The number of carbonyl (C=O) groups is 1. The van der Waals surface area contributed by atoms with Gasteiger partial charge in [-0.2, -0.15) is 0 Å². The molecule has 1 saturated heterocycles. The van der Waals surface area contributed by atoms with Gasteiger partial charge in [-0.05, 0) is 23.3 Å². The fourth-order valence-corrected chi connectivity index (χ4v) is 3.07. The first kappa shape index (κ1) is 15.6. The molecule has 2 aromatic rings. The van der Waals surface area contributed by atoms with Gasteiger partial charge < -0.3 is 15.3 Å². The van der Waals surface area contributed by atoms with Crippen molar-refractivity contribution in [3.8, 4) is 5.75 Å². The molecule has 1 aliphatic rings. The smallest absolute Gasteiger partial charge is 0.223 e. The predicted octanol–water partition coefficient (Wildman–Crippen LogP) is 2.35. The molecule has 0 spiro atoms. The molecule has 4 heteroatoms. The van der Waals surface area contributed by atoms with Crippen molar-refractivity contribution in [2.75, 3.05) is 26.2 Å². The van der Waals surface area contributed by atoms with E-state index in [-0.39, 0.29) is 17.6 Å². The number of amides is 1. The van der Waals surface area contributed by atoms with Crippen molar-refractivity contribution in [3.63, 3.8) is 0 Å². The summed E-state index contributed by atoms with van der Waals surface area (Å²) in [6, 6.07) is 17.2. The number of hydrogen-bond donors (Lipinski definition) is 2. The van der Waals surface area contributed by atoms with Crippen molar-refractivity contribution in [1.82, 2.24) is 10.2 Å². The second kappa shape index (κ2) is 7.29. The number of phenolic OH excluding ortho intramolecular Hbond substituents is 1. The van der Waals surface area contributed by atoms with Gasteiger partial charge in [0.25, 0.3) is 0 Å². The number of phenols is 1. The standard InChI is InChI=1S/C19H22N2O2/c22-17-8-4-7-16(13-17)18(15-5-2-1-3-6-15)14-19(23)21-11-9-20-10-12-21/h1-8,13,18,20,22H,9-12,14H2/t18-/m0/s1. The fourth-order valence-electron chi connectivity index (χ4n) is 3.07. The minimum absolute atomic E-state index is 0.0364. The molecule has 1 atom stereocenters.